The Hall–Kier alpha value is -3.61. The Morgan fingerprint density at radius 1 is 0.906 bits per heavy atom. The molecule has 1 aliphatic rings. The molecule has 2 aromatic carbocycles. The van der Waals surface area contributed by atoms with Crippen LogP contribution in [-0.4, -0.2) is 61.4 Å². The number of ether oxygens (including phenoxy) is 2. The van der Waals surface area contributed by atoms with E-state index in [0.29, 0.717) is 31.0 Å². The van der Waals surface area contributed by atoms with Crippen LogP contribution in [0.1, 0.15) is 11.1 Å². The molecule has 3 aromatic rings. The number of aryl methyl sites for hydroxylation is 1. The van der Waals surface area contributed by atoms with E-state index in [2.05, 4.69) is 34.2 Å². The first-order valence-electron chi connectivity index (χ1n) is 10.7. The molecule has 2 heterocycles. The minimum absolute atomic E-state index is 0.109. The van der Waals surface area contributed by atoms with Crippen molar-refractivity contribution in [2.45, 2.75) is 13.3 Å². The fourth-order valence-corrected chi connectivity index (χ4v) is 3.96. The number of hydrogen-bond donors (Lipinski definition) is 0. The van der Waals surface area contributed by atoms with E-state index in [1.807, 2.05) is 47.4 Å². The van der Waals surface area contributed by atoms with E-state index in [4.69, 9.17) is 9.47 Å². The van der Waals surface area contributed by atoms with E-state index in [1.54, 1.807) is 14.2 Å². The Morgan fingerprint density at radius 3 is 2.31 bits per heavy atom. The van der Waals surface area contributed by atoms with Gasteiger partial charge >= 0.3 is 0 Å². The quantitative estimate of drug-likeness (QED) is 0.595. The van der Waals surface area contributed by atoms with Crippen LogP contribution in [0.15, 0.2) is 54.6 Å². The lowest BCUT2D eigenvalue weighted by Gasteiger charge is -2.35. The topological polar surface area (TPSA) is 67.8 Å². The maximum absolute atomic E-state index is 12.8. The summed E-state index contributed by atoms with van der Waals surface area (Å²) in [5.41, 5.74) is 4.05. The van der Waals surface area contributed by atoms with Gasteiger partial charge in [0, 0.05) is 31.7 Å². The summed E-state index contributed by atoms with van der Waals surface area (Å²) in [4.78, 5) is 16.9. The third kappa shape index (κ3) is 4.66. The molecule has 0 atom stereocenters. The van der Waals surface area contributed by atoms with Gasteiger partial charge in [-0.25, -0.2) is 0 Å². The van der Waals surface area contributed by atoms with Crippen LogP contribution in [0.5, 0.6) is 11.5 Å². The van der Waals surface area contributed by atoms with E-state index < -0.39 is 0 Å². The molecule has 0 aliphatic carbocycles. The summed E-state index contributed by atoms with van der Waals surface area (Å²) in [7, 11) is 3.20. The summed E-state index contributed by atoms with van der Waals surface area (Å²) in [5, 5.41) is 8.87. The molecule has 4 rings (SSSR count). The number of piperazine rings is 1. The van der Waals surface area contributed by atoms with Crippen molar-refractivity contribution in [1.82, 2.24) is 15.1 Å². The smallest absolute Gasteiger partial charge is 0.227 e. The van der Waals surface area contributed by atoms with Gasteiger partial charge in [-0.15, -0.1) is 10.2 Å². The molecule has 0 N–H and O–H groups in total. The number of carbonyl (C=O) groups excluding carboxylic acids is 1. The second-order valence-corrected chi connectivity index (χ2v) is 7.83. The fourth-order valence-electron chi connectivity index (χ4n) is 3.96. The lowest BCUT2D eigenvalue weighted by Crippen LogP contribution is -2.49. The summed E-state index contributed by atoms with van der Waals surface area (Å²) in [5.74, 6) is 2.24. The first kappa shape index (κ1) is 21.6. The number of methoxy groups -OCH3 is 2. The van der Waals surface area contributed by atoms with Gasteiger partial charge in [0.1, 0.15) is 0 Å². The zero-order valence-corrected chi connectivity index (χ0v) is 18.7. The minimum atomic E-state index is 0.109. The molecular formula is C25H28N4O3. The van der Waals surface area contributed by atoms with Gasteiger partial charge in [0.15, 0.2) is 17.3 Å². The van der Waals surface area contributed by atoms with Crippen molar-refractivity contribution in [2.24, 2.45) is 0 Å². The van der Waals surface area contributed by atoms with Crippen LogP contribution in [0.25, 0.3) is 11.3 Å². The standard InChI is InChI=1S/C25H28N4O3/c1-18-6-4-5-7-20(18)21-9-11-24(27-26-21)28-12-14-29(15-13-28)25(30)17-19-8-10-22(31-2)23(16-19)32-3/h4-11,16H,12-15,17H2,1-3H3. The van der Waals surface area contributed by atoms with Crippen LogP contribution >= 0.6 is 0 Å². The van der Waals surface area contributed by atoms with Gasteiger partial charge in [-0.2, -0.15) is 0 Å². The molecule has 7 nitrogen and oxygen atoms in total. The van der Waals surface area contributed by atoms with Crippen molar-refractivity contribution < 1.29 is 14.3 Å². The molecule has 1 fully saturated rings. The molecule has 0 radical (unpaired) electrons. The van der Waals surface area contributed by atoms with Gasteiger partial charge < -0.3 is 19.3 Å². The van der Waals surface area contributed by atoms with Crippen molar-refractivity contribution in [3.63, 3.8) is 0 Å². The van der Waals surface area contributed by atoms with Crippen molar-refractivity contribution >= 4 is 11.7 Å². The normalized spacial score (nSPS) is 13.7. The second kappa shape index (κ2) is 9.68. The first-order chi connectivity index (χ1) is 15.6. The van der Waals surface area contributed by atoms with Crippen LogP contribution in [-0.2, 0) is 11.2 Å². The predicted octanol–water partition coefficient (Wildman–Crippen LogP) is 3.36. The highest BCUT2D eigenvalue weighted by molar-refractivity contribution is 5.79. The Labute approximate surface area is 188 Å². The van der Waals surface area contributed by atoms with E-state index >= 15 is 0 Å². The van der Waals surface area contributed by atoms with Crippen LogP contribution in [0.4, 0.5) is 5.82 Å². The highest BCUT2D eigenvalue weighted by Gasteiger charge is 2.22. The van der Waals surface area contributed by atoms with Gasteiger partial charge in [0.05, 0.1) is 26.3 Å². The van der Waals surface area contributed by atoms with Gasteiger partial charge in [-0.3, -0.25) is 4.79 Å². The lowest BCUT2D eigenvalue weighted by atomic mass is 10.1. The van der Waals surface area contributed by atoms with Gasteiger partial charge in [-0.05, 0) is 42.3 Å². The average molecular weight is 433 g/mol. The summed E-state index contributed by atoms with van der Waals surface area (Å²) in [6, 6.07) is 17.8. The summed E-state index contributed by atoms with van der Waals surface area (Å²) < 4.78 is 10.6. The number of amides is 1. The zero-order chi connectivity index (χ0) is 22.5. The van der Waals surface area contributed by atoms with Gasteiger partial charge in [0.2, 0.25) is 5.91 Å². The molecule has 32 heavy (non-hydrogen) atoms. The minimum Gasteiger partial charge on any atom is -0.493 e. The molecule has 1 aliphatic heterocycles. The van der Waals surface area contributed by atoms with Crippen LogP contribution in [0.2, 0.25) is 0 Å². The summed E-state index contributed by atoms with van der Waals surface area (Å²) in [6.45, 7) is 4.86. The van der Waals surface area contributed by atoms with E-state index in [0.717, 1.165) is 35.7 Å². The van der Waals surface area contributed by atoms with Crippen LogP contribution < -0.4 is 14.4 Å². The molecule has 0 bridgehead atoms. The van der Waals surface area contributed by atoms with Crippen molar-refractivity contribution in [1.29, 1.82) is 0 Å². The molecule has 0 spiro atoms. The van der Waals surface area contributed by atoms with Crippen molar-refractivity contribution in [2.75, 3.05) is 45.3 Å². The van der Waals surface area contributed by atoms with E-state index in [9.17, 15) is 4.79 Å². The number of benzene rings is 2. The van der Waals surface area contributed by atoms with Gasteiger partial charge in [-0.1, -0.05) is 30.3 Å². The van der Waals surface area contributed by atoms with Gasteiger partial charge in [0.25, 0.3) is 0 Å². The Balaban J connectivity index is 1.35. The van der Waals surface area contributed by atoms with E-state index in [1.165, 1.54) is 5.56 Å². The number of rotatable bonds is 6. The Bertz CT molecular complexity index is 1080. The molecule has 1 saturated heterocycles. The molecule has 7 heteroatoms. The highest BCUT2D eigenvalue weighted by Crippen LogP contribution is 2.28. The number of aromatic nitrogens is 2. The lowest BCUT2D eigenvalue weighted by molar-refractivity contribution is -0.130. The maximum atomic E-state index is 12.8. The molecule has 0 saturated carbocycles. The number of carbonyl (C=O) groups is 1. The molecule has 0 unspecified atom stereocenters. The molecular weight excluding hydrogens is 404 g/mol. The first-order valence-corrected chi connectivity index (χ1v) is 10.7. The molecule has 166 valence electrons. The summed E-state index contributed by atoms with van der Waals surface area (Å²) >= 11 is 0. The molecule has 1 aromatic heterocycles. The highest BCUT2D eigenvalue weighted by atomic mass is 16.5. The van der Waals surface area contributed by atoms with Crippen molar-refractivity contribution in [3.05, 3.63) is 65.7 Å². The maximum Gasteiger partial charge on any atom is 0.227 e. The number of nitrogens with zero attached hydrogens (tertiary/aromatic N) is 4. The van der Waals surface area contributed by atoms with Crippen molar-refractivity contribution in [3.8, 4) is 22.8 Å². The summed E-state index contributed by atoms with van der Waals surface area (Å²) in [6.07, 6.45) is 0.339. The molecule has 1 amide bonds. The SMILES string of the molecule is COc1ccc(CC(=O)N2CCN(c3ccc(-c4ccccc4C)nn3)CC2)cc1OC. The monoisotopic (exact) mass is 432 g/mol. The largest absolute Gasteiger partial charge is 0.493 e. The average Bonchev–Trinajstić information content (AvgIpc) is 2.84. The third-order valence-corrected chi connectivity index (χ3v) is 5.83. The third-order valence-electron chi connectivity index (χ3n) is 5.83. The Morgan fingerprint density at radius 2 is 1.66 bits per heavy atom. The predicted molar refractivity (Wildman–Crippen MR) is 124 cm³/mol. The second-order valence-electron chi connectivity index (χ2n) is 7.83. The number of hydrogen-bond acceptors (Lipinski definition) is 6. The van der Waals surface area contributed by atoms with Crippen LogP contribution in [0.3, 0.4) is 0 Å². The van der Waals surface area contributed by atoms with E-state index in [-0.39, 0.29) is 5.91 Å². The number of anilines is 1. The van der Waals surface area contributed by atoms with Crippen LogP contribution in [0, 0.1) is 6.92 Å². The fraction of sp³-hybridized carbons (Fsp3) is 0.320. The zero-order valence-electron chi connectivity index (χ0n) is 18.7. The Kier molecular flexibility index (Phi) is 6.54.